The summed E-state index contributed by atoms with van der Waals surface area (Å²) < 4.78 is 0. The minimum Gasteiger partial charge on any atom is -0.872 e. The molecule has 40 heavy (non-hydrogen) atoms. The Balaban J connectivity index is 0.000000761. The van der Waals surface area contributed by atoms with Gasteiger partial charge in [-0.2, -0.15) is 0 Å². The summed E-state index contributed by atoms with van der Waals surface area (Å²) in [4.78, 5) is 1.30. The van der Waals surface area contributed by atoms with E-state index in [1.165, 1.54) is 61.4 Å². The van der Waals surface area contributed by atoms with Gasteiger partial charge in [0.25, 0.3) is 0 Å². The Hall–Kier alpha value is -1.94. The number of aliphatic hydroxyl groups excluding tert-OH is 1. The van der Waals surface area contributed by atoms with Crippen molar-refractivity contribution in [2.45, 2.75) is 120 Å². The van der Waals surface area contributed by atoms with Crippen LogP contribution < -0.4 is 10.2 Å². The fraction of sp³-hybridized carbons (Fsp3) is 0.486. The normalized spacial score (nSPS) is 11.4. The van der Waals surface area contributed by atoms with Crippen molar-refractivity contribution >= 4 is 11.8 Å². The second-order valence-electron chi connectivity index (χ2n) is 11.8. The number of hydrogen-bond donors (Lipinski definition) is 1. The molecule has 0 bridgehead atoms. The second-order valence-corrected chi connectivity index (χ2v) is 12.8. The quantitative estimate of drug-likeness (QED) is 0.156. The van der Waals surface area contributed by atoms with E-state index in [1.54, 1.807) is 12.1 Å². The van der Waals surface area contributed by atoms with Crippen molar-refractivity contribution in [1.82, 2.24) is 0 Å². The average Bonchev–Trinajstić information content (AvgIpc) is 2.92. The molecule has 222 valence electrons. The van der Waals surface area contributed by atoms with Crippen LogP contribution in [0.1, 0.15) is 110 Å². The monoisotopic (exact) mass is 606 g/mol. The van der Waals surface area contributed by atoms with Gasteiger partial charge in [0.15, 0.2) is 0 Å². The molecule has 0 amide bonds. The molecule has 0 heterocycles. The minimum atomic E-state index is -0.00915. The van der Waals surface area contributed by atoms with Crippen molar-refractivity contribution in [2.24, 2.45) is 0 Å². The Morgan fingerprint density at radius 3 is 1.43 bits per heavy atom. The maximum atomic E-state index is 12.6. The first-order chi connectivity index (χ1) is 18.5. The average molecular weight is 608 g/mol. The predicted molar refractivity (Wildman–Crippen MR) is 163 cm³/mol. The summed E-state index contributed by atoms with van der Waals surface area (Å²) in [5.74, 6) is -0.0183. The first kappa shape index (κ1) is 36.1. The molecule has 0 atom stereocenters. The molecule has 1 N–H and O–H groups in total. The summed E-state index contributed by atoms with van der Waals surface area (Å²) in [5.41, 5.74) is 3.35. The summed E-state index contributed by atoms with van der Waals surface area (Å²) in [6.07, 6.45) is 9.42. The fourth-order valence-corrected chi connectivity index (χ4v) is 5.59. The molecule has 0 aliphatic rings. The second kappa shape index (κ2) is 17.8. The minimum absolute atomic E-state index is 0. The van der Waals surface area contributed by atoms with Crippen molar-refractivity contribution in [3.05, 3.63) is 83.4 Å². The largest absolute Gasteiger partial charge is 2.00 e. The molecule has 5 heteroatoms. The van der Waals surface area contributed by atoms with E-state index in [1.807, 2.05) is 54.6 Å². The van der Waals surface area contributed by atoms with Gasteiger partial charge < -0.3 is 15.3 Å². The molecular weight excluding hydrogens is 559 g/mol. The van der Waals surface area contributed by atoms with Gasteiger partial charge in [0.05, 0.1) is 6.61 Å². The van der Waals surface area contributed by atoms with E-state index in [2.05, 4.69) is 41.5 Å². The molecule has 0 radical (unpaired) electrons. The Bertz CT molecular complexity index is 1060. The Labute approximate surface area is 257 Å². The first-order valence-electron chi connectivity index (χ1n) is 14.5. The molecule has 3 rings (SSSR count). The van der Waals surface area contributed by atoms with Gasteiger partial charge in [-0.3, -0.25) is 0 Å². The summed E-state index contributed by atoms with van der Waals surface area (Å²) >= 11 is 1.33. The smallest absolute Gasteiger partial charge is 0.872 e. The molecule has 0 fully saturated rings. The van der Waals surface area contributed by atoms with Crippen LogP contribution in [0.15, 0.2) is 76.5 Å². The molecule has 0 aliphatic heterocycles. The molecule has 0 saturated heterocycles. The topological polar surface area (TPSA) is 66.3 Å². The zero-order chi connectivity index (χ0) is 28.9. The van der Waals surface area contributed by atoms with Gasteiger partial charge in [-0.05, 0) is 52.5 Å². The molecule has 0 saturated carbocycles. The maximum Gasteiger partial charge on any atom is 2.00 e. The molecule has 0 unspecified atom stereocenters. The van der Waals surface area contributed by atoms with Crippen molar-refractivity contribution < 1.29 is 31.8 Å². The van der Waals surface area contributed by atoms with E-state index >= 15 is 0 Å². The van der Waals surface area contributed by atoms with E-state index in [0.717, 1.165) is 18.4 Å². The molecule has 3 aromatic carbocycles. The number of aliphatic hydroxyl groups is 1. The fourth-order valence-electron chi connectivity index (χ4n) is 4.64. The number of benzene rings is 3. The number of rotatable bonds is 13. The third-order valence-electron chi connectivity index (χ3n) is 7.51. The van der Waals surface area contributed by atoms with Crippen LogP contribution in [0, 0.1) is 0 Å². The van der Waals surface area contributed by atoms with Crippen LogP contribution in [-0.2, 0) is 33.9 Å². The summed E-state index contributed by atoms with van der Waals surface area (Å²) in [5, 5.41) is 33.8. The van der Waals surface area contributed by atoms with E-state index < -0.39 is 0 Å². The van der Waals surface area contributed by atoms with Gasteiger partial charge in [0, 0.05) is 9.79 Å². The summed E-state index contributed by atoms with van der Waals surface area (Å²) in [7, 11) is 0. The van der Waals surface area contributed by atoms with Crippen molar-refractivity contribution in [3.63, 3.8) is 0 Å². The van der Waals surface area contributed by atoms with Gasteiger partial charge >= 0.3 is 16.5 Å². The number of hydrogen-bond acceptors (Lipinski definition) is 4. The molecule has 0 spiro atoms. The Morgan fingerprint density at radius 1 is 0.650 bits per heavy atom. The molecular formula is C35H48NiO3S. The summed E-state index contributed by atoms with van der Waals surface area (Å²) in [6, 6.07) is 20.8. The van der Waals surface area contributed by atoms with Crippen molar-refractivity contribution in [2.75, 3.05) is 0 Å². The molecule has 0 aliphatic carbocycles. The SMILES string of the molecule is CCCCCC(C)(C)c1ccc([O-])c(Sc2cc(C(C)(C)CCCCC)ccc2[O-])c1.OCc1ccccc1.[Ni+2]. The van der Waals surface area contributed by atoms with Crippen molar-refractivity contribution in [1.29, 1.82) is 0 Å². The van der Waals surface area contributed by atoms with E-state index in [4.69, 9.17) is 5.11 Å². The van der Waals surface area contributed by atoms with Crippen LogP contribution in [0.3, 0.4) is 0 Å². The molecule has 0 aromatic heterocycles. The molecule has 3 aromatic rings. The first-order valence-corrected chi connectivity index (χ1v) is 15.3. The third-order valence-corrected chi connectivity index (χ3v) is 8.58. The number of unbranched alkanes of at least 4 members (excludes halogenated alkanes) is 4. The van der Waals surface area contributed by atoms with Crippen LogP contribution in [0.2, 0.25) is 0 Å². The zero-order valence-corrected chi connectivity index (χ0v) is 27.0. The van der Waals surface area contributed by atoms with Crippen LogP contribution in [0.4, 0.5) is 0 Å². The van der Waals surface area contributed by atoms with Gasteiger partial charge in [-0.25, -0.2) is 0 Å². The van der Waals surface area contributed by atoms with E-state index in [-0.39, 0.29) is 45.4 Å². The van der Waals surface area contributed by atoms with Crippen LogP contribution in [-0.4, -0.2) is 5.11 Å². The maximum absolute atomic E-state index is 12.6. The van der Waals surface area contributed by atoms with Crippen molar-refractivity contribution in [3.8, 4) is 11.5 Å². The Morgan fingerprint density at radius 2 is 1.07 bits per heavy atom. The third kappa shape index (κ3) is 11.5. The van der Waals surface area contributed by atoms with Gasteiger partial charge in [0.2, 0.25) is 0 Å². The van der Waals surface area contributed by atoms with Gasteiger partial charge in [0.1, 0.15) is 0 Å². The zero-order valence-electron chi connectivity index (χ0n) is 25.2. The van der Waals surface area contributed by atoms with E-state index in [0.29, 0.717) is 9.79 Å². The van der Waals surface area contributed by atoms with Gasteiger partial charge in [-0.1, -0.05) is 158 Å². The van der Waals surface area contributed by atoms with Gasteiger partial charge in [-0.15, -0.1) is 0 Å². The standard InChI is InChI=1S/C28H42O2S.C7H8O.Ni/c1-7-9-11-17-27(3,4)21-13-15-23(29)25(19-21)31-26-20-22(14-16-24(26)30)28(5,6)18-12-10-8-2;8-6-7-4-2-1-3-5-7;/h13-16,19-20,29-30H,7-12,17-18H2,1-6H3;1-5,8H,6H2;/q;;+2/p-2. The Kier molecular flexibility index (Phi) is 16.0. The van der Waals surface area contributed by atoms with Crippen LogP contribution in [0.5, 0.6) is 11.5 Å². The predicted octanol–water partition coefficient (Wildman–Crippen LogP) is 8.88. The molecule has 3 nitrogen and oxygen atoms in total. The van der Waals surface area contributed by atoms with E-state index in [9.17, 15) is 10.2 Å². The van der Waals surface area contributed by atoms with Crippen LogP contribution in [0.25, 0.3) is 0 Å². The summed E-state index contributed by atoms with van der Waals surface area (Å²) in [6.45, 7) is 13.6. The van der Waals surface area contributed by atoms with Crippen LogP contribution >= 0.6 is 11.8 Å².